The van der Waals surface area contributed by atoms with Crippen LogP contribution < -0.4 is 0 Å². The van der Waals surface area contributed by atoms with Gasteiger partial charge in [0.15, 0.2) is 0 Å². The molecule has 0 aliphatic rings. The Kier molecular flexibility index (Phi) is 14.7. The molecule has 3 heteroatoms. The average Bonchev–Trinajstić information content (AvgIpc) is 1.33. The second kappa shape index (κ2) is 9.77. The maximum absolute atomic E-state index is 9.56. The Labute approximate surface area is 58.5 Å². The van der Waals surface area contributed by atoms with Crippen LogP contribution in [-0.4, -0.2) is 16.7 Å². The van der Waals surface area contributed by atoms with Gasteiger partial charge in [-0.3, -0.25) is 4.21 Å². The van der Waals surface area contributed by atoms with Gasteiger partial charge >= 0.3 is 30.9 Å². The second-order valence-corrected chi connectivity index (χ2v) is 3.28. The molecule has 0 N–H and O–H groups in total. The molecule has 0 saturated heterocycles. The van der Waals surface area contributed by atoms with E-state index < -0.39 is 10.8 Å². The third-order valence-electron chi connectivity index (χ3n) is 0. The van der Waals surface area contributed by atoms with Crippen molar-refractivity contribution in [2.75, 3.05) is 12.5 Å². The van der Waals surface area contributed by atoms with Crippen LogP contribution in [0.4, 0.5) is 0 Å². The number of rotatable bonds is 0. The van der Waals surface area contributed by atoms with E-state index in [4.69, 9.17) is 0 Å². The molecule has 0 amide bonds. The predicted octanol–water partition coefficient (Wildman–Crippen LogP) is 0.671. The Morgan fingerprint density at radius 1 is 1.71 bits per heavy atom. The molecule has 0 aromatic heterocycles. The summed E-state index contributed by atoms with van der Waals surface area (Å²) in [5, 5.41) is 0. The third-order valence-corrected chi connectivity index (χ3v) is 0. The van der Waals surface area contributed by atoms with Crippen LogP contribution in [0.2, 0.25) is 0 Å². The molecule has 0 spiro atoms. The van der Waals surface area contributed by atoms with Gasteiger partial charge in [-0.2, -0.15) is 0 Å². The van der Waals surface area contributed by atoms with Crippen molar-refractivity contribution < 1.29 is 24.0 Å². The Hall–Kier alpha value is 0.578. The molecule has 0 rings (SSSR count). The monoisotopic (exact) mass is 300 g/mol. The minimum absolute atomic E-state index is 0.611. The van der Waals surface area contributed by atoms with Crippen LogP contribution >= 0.6 is 0 Å². The smallest absolute Gasteiger partial charge is 0.0148 e. The zero-order valence-electron chi connectivity index (χ0n) is 4.42. The molecule has 0 aliphatic carbocycles. The quantitative estimate of drug-likeness (QED) is 0.643. The van der Waals surface area contributed by atoms with Crippen molar-refractivity contribution in [3.8, 4) is 0 Å². The Morgan fingerprint density at radius 3 is 1.71 bits per heavy atom. The van der Waals surface area contributed by atoms with Gasteiger partial charge in [-0.1, -0.05) is 0 Å². The van der Waals surface area contributed by atoms with E-state index in [1.54, 1.807) is 17.0 Å². The Balaban J connectivity index is 0. The van der Waals surface area contributed by atoms with Crippen molar-refractivity contribution in [3.05, 3.63) is 11.0 Å². The molecule has 0 fully saturated rings. The van der Waals surface area contributed by atoms with E-state index in [-0.39, 0.29) is 0 Å². The largest absolute Gasteiger partial charge is 0.260 e. The molecule has 47 valence electrons. The number of hydrogen-bond donors (Lipinski definition) is 0. The van der Waals surface area contributed by atoms with E-state index in [1.807, 2.05) is 19.8 Å². The maximum atomic E-state index is 9.56. The minimum Gasteiger partial charge on any atom is -0.260 e. The fraction of sp³-hybridized carbons (Fsp3) is 0.500. The van der Waals surface area contributed by atoms with Crippen LogP contribution in [0.25, 0.3) is 0 Å². The first-order chi connectivity index (χ1) is 3.15. The molecule has 0 heterocycles. The molecule has 7 heavy (non-hydrogen) atoms. The summed E-state index contributed by atoms with van der Waals surface area (Å²) < 4.78 is 11.3. The summed E-state index contributed by atoms with van der Waals surface area (Å²) in [5.74, 6) is 0. The van der Waals surface area contributed by atoms with Gasteiger partial charge < -0.3 is 0 Å². The van der Waals surface area contributed by atoms with Crippen molar-refractivity contribution in [3.63, 3.8) is 0 Å². The van der Waals surface area contributed by atoms with Crippen LogP contribution in [0.1, 0.15) is 0 Å². The van der Waals surface area contributed by atoms with Crippen LogP contribution in [0.5, 0.6) is 0 Å². The van der Waals surface area contributed by atoms with Crippen molar-refractivity contribution in [1.29, 1.82) is 0 Å². The second-order valence-electron chi connectivity index (χ2n) is 0.871. The van der Waals surface area contributed by atoms with E-state index in [1.165, 1.54) is 0 Å². The number of hydrogen-bond acceptors (Lipinski definition) is 1. The van der Waals surface area contributed by atoms with Gasteiger partial charge in [-0.25, -0.2) is 0 Å². The molecule has 0 bridgehead atoms. The molecule has 0 aliphatic heterocycles. The van der Waals surface area contributed by atoms with Gasteiger partial charge in [0.1, 0.15) is 0 Å². The first-order valence-electron chi connectivity index (χ1n) is 1.57. The summed E-state index contributed by atoms with van der Waals surface area (Å²) in [4.78, 5) is 0. The molecular weight excluding hydrogens is 291 g/mol. The molecule has 0 aromatic carbocycles. The molecular formula is C4H9OPtS. The summed E-state index contributed by atoms with van der Waals surface area (Å²) in [6.45, 7) is 3.35. The van der Waals surface area contributed by atoms with Crippen molar-refractivity contribution in [1.82, 2.24) is 0 Å². The molecule has 1 nitrogen and oxygen atoms in total. The van der Waals surface area contributed by atoms with Crippen molar-refractivity contribution in [2.24, 2.45) is 0 Å². The van der Waals surface area contributed by atoms with Crippen molar-refractivity contribution >= 4 is 10.8 Å². The summed E-state index contributed by atoms with van der Waals surface area (Å²) in [6, 6.07) is 0. The fourth-order valence-electron chi connectivity index (χ4n) is 0. The van der Waals surface area contributed by atoms with E-state index in [0.717, 1.165) is 0 Å². The molecule has 0 saturated carbocycles. The van der Waals surface area contributed by atoms with E-state index in [2.05, 4.69) is 6.58 Å². The van der Waals surface area contributed by atoms with Gasteiger partial charge in [0.2, 0.25) is 0 Å². The topological polar surface area (TPSA) is 17.1 Å². The van der Waals surface area contributed by atoms with E-state index >= 15 is 0 Å². The van der Waals surface area contributed by atoms with Gasteiger partial charge in [-0.05, 0) is 0 Å². The molecule has 0 radical (unpaired) electrons. The van der Waals surface area contributed by atoms with Crippen molar-refractivity contribution in [2.45, 2.75) is 0 Å². The van der Waals surface area contributed by atoms with E-state index in [9.17, 15) is 4.21 Å². The zero-order chi connectivity index (χ0) is 6.28. The first-order valence-corrected chi connectivity index (χ1v) is 4.85. The van der Waals surface area contributed by atoms with Gasteiger partial charge in [0.25, 0.3) is 0 Å². The Bertz CT molecular complexity index is 58.7. The fourth-order valence-corrected chi connectivity index (χ4v) is 0. The molecule has 0 unspecified atom stereocenters. The van der Waals surface area contributed by atoms with Crippen LogP contribution in [0.3, 0.4) is 0 Å². The molecule has 0 atom stereocenters. The maximum Gasteiger partial charge on any atom is 0.0148 e. The first kappa shape index (κ1) is 10.5. The minimum atomic E-state index is -0.611. The third kappa shape index (κ3) is 412. The van der Waals surface area contributed by atoms with Gasteiger partial charge in [0.05, 0.1) is 0 Å². The van der Waals surface area contributed by atoms with Gasteiger partial charge in [0, 0.05) is 23.3 Å². The normalized spacial score (nSPS) is 7.00. The van der Waals surface area contributed by atoms with Gasteiger partial charge in [-0.15, -0.1) is 0 Å². The average molecular weight is 300 g/mol. The van der Waals surface area contributed by atoms with Crippen LogP contribution in [0, 0.1) is 0 Å². The van der Waals surface area contributed by atoms with Crippen LogP contribution in [0.15, 0.2) is 11.0 Å². The standard InChI is InChI=1S/C2H6OS.C2H3.Pt/c1-4(2)3;1-2;/h1-2H3;1H,2H2;. The summed E-state index contributed by atoms with van der Waals surface area (Å²) in [6.07, 6.45) is 3.28. The summed E-state index contributed by atoms with van der Waals surface area (Å²) in [7, 11) is -0.611. The summed E-state index contributed by atoms with van der Waals surface area (Å²) in [5.41, 5.74) is 0. The van der Waals surface area contributed by atoms with Crippen LogP contribution in [-0.2, 0) is 30.6 Å². The zero-order valence-corrected chi connectivity index (χ0v) is 7.51. The SMILES string of the molecule is C=[CH][Pt].CS(C)=O. The Morgan fingerprint density at radius 2 is 1.71 bits per heavy atom. The molecule has 0 aromatic rings. The predicted molar refractivity (Wildman–Crippen MR) is 30.2 cm³/mol. The summed E-state index contributed by atoms with van der Waals surface area (Å²) >= 11 is 2.04. The van der Waals surface area contributed by atoms with E-state index in [0.29, 0.717) is 0 Å².